The van der Waals surface area contributed by atoms with Crippen LogP contribution >= 0.6 is 15.9 Å². The van der Waals surface area contributed by atoms with Crippen molar-refractivity contribution in [1.82, 2.24) is 0 Å². The molecule has 0 radical (unpaired) electrons. The Morgan fingerprint density at radius 3 is 2.52 bits per heavy atom. The van der Waals surface area contributed by atoms with Crippen molar-refractivity contribution in [2.45, 2.75) is 26.4 Å². The summed E-state index contributed by atoms with van der Waals surface area (Å²) in [5.41, 5.74) is 1.80. The lowest BCUT2D eigenvalue weighted by molar-refractivity contribution is -0.122. The molecule has 2 aromatic carbocycles. The average Bonchev–Trinajstić information content (AvgIpc) is 2.56. The van der Waals surface area contributed by atoms with E-state index < -0.39 is 6.10 Å². The van der Waals surface area contributed by atoms with Gasteiger partial charge < -0.3 is 14.8 Å². The zero-order valence-electron chi connectivity index (χ0n) is 13.4. The van der Waals surface area contributed by atoms with Crippen molar-refractivity contribution in [3.05, 3.63) is 52.5 Å². The van der Waals surface area contributed by atoms with E-state index in [1.165, 1.54) is 0 Å². The van der Waals surface area contributed by atoms with E-state index in [4.69, 9.17) is 9.47 Å². The first-order valence-electron chi connectivity index (χ1n) is 7.41. The Kier molecular flexibility index (Phi) is 6.04. The predicted octanol–water partition coefficient (Wildman–Crippen LogP) is 4.56. The molecule has 1 atom stereocenters. The third-order valence-corrected chi connectivity index (χ3v) is 4.32. The Labute approximate surface area is 144 Å². The van der Waals surface area contributed by atoms with Crippen LogP contribution in [-0.4, -0.2) is 19.1 Å². The molecule has 122 valence electrons. The van der Waals surface area contributed by atoms with Crippen LogP contribution in [0, 0.1) is 6.92 Å². The van der Waals surface area contributed by atoms with Gasteiger partial charge in [0.25, 0.3) is 5.91 Å². The van der Waals surface area contributed by atoms with E-state index in [9.17, 15) is 4.79 Å². The summed E-state index contributed by atoms with van der Waals surface area (Å²) in [4.78, 5) is 12.5. The molecule has 0 saturated heterocycles. The van der Waals surface area contributed by atoms with Gasteiger partial charge >= 0.3 is 0 Å². The third-order valence-electron chi connectivity index (χ3n) is 3.43. The molecule has 0 aliphatic heterocycles. The maximum Gasteiger partial charge on any atom is 0.265 e. The van der Waals surface area contributed by atoms with Crippen molar-refractivity contribution < 1.29 is 14.3 Å². The number of ether oxygens (including phenoxy) is 2. The molecule has 0 aromatic heterocycles. The lowest BCUT2D eigenvalue weighted by atomic mass is 10.2. The van der Waals surface area contributed by atoms with E-state index in [-0.39, 0.29) is 5.91 Å². The van der Waals surface area contributed by atoms with Crippen LogP contribution in [0.4, 0.5) is 5.69 Å². The Morgan fingerprint density at radius 1 is 1.22 bits per heavy atom. The molecule has 0 fully saturated rings. The van der Waals surface area contributed by atoms with E-state index in [1.54, 1.807) is 19.2 Å². The van der Waals surface area contributed by atoms with E-state index in [0.29, 0.717) is 17.9 Å². The second-order valence-electron chi connectivity index (χ2n) is 5.12. The normalized spacial score (nSPS) is 11.7. The third kappa shape index (κ3) is 4.48. The van der Waals surface area contributed by atoms with Gasteiger partial charge in [0.1, 0.15) is 0 Å². The first-order valence-corrected chi connectivity index (χ1v) is 8.21. The van der Waals surface area contributed by atoms with Crippen molar-refractivity contribution in [2.75, 3.05) is 12.4 Å². The number of anilines is 1. The number of para-hydroxylation sites is 2. The number of hydrogen-bond acceptors (Lipinski definition) is 3. The number of aryl methyl sites for hydroxylation is 1. The largest absolute Gasteiger partial charge is 0.493 e. The van der Waals surface area contributed by atoms with E-state index >= 15 is 0 Å². The van der Waals surface area contributed by atoms with Crippen molar-refractivity contribution in [2.24, 2.45) is 0 Å². The summed E-state index contributed by atoms with van der Waals surface area (Å²) >= 11 is 3.45. The van der Waals surface area contributed by atoms with Gasteiger partial charge in [-0.2, -0.15) is 0 Å². The van der Waals surface area contributed by atoms with Gasteiger partial charge in [0.05, 0.1) is 7.11 Å². The highest BCUT2D eigenvalue weighted by Crippen LogP contribution is 2.28. The lowest BCUT2D eigenvalue weighted by Crippen LogP contribution is -2.32. The monoisotopic (exact) mass is 377 g/mol. The summed E-state index contributed by atoms with van der Waals surface area (Å²) in [5, 5.41) is 2.89. The van der Waals surface area contributed by atoms with Gasteiger partial charge in [0.15, 0.2) is 17.6 Å². The summed E-state index contributed by atoms with van der Waals surface area (Å²) in [7, 11) is 1.58. The smallest absolute Gasteiger partial charge is 0.265 e. The van der Waals surface area contributed by atoms with Crippen molar-refractivity contribution in [3.63, 3.8) is 0 Å². The molecule has 2 rings (SSSR count). The molecule has 1 N–H and O–H groups in total. The number of halogens is 1. The van der Waals surface area contributed by atoms with Crippen LogP contribution in [0.1, 0.15) is 18.9 Å². The molecular formula is C18H20BrNO3. The zero-order chi connectivity index (χ0) is 16.8. The van der Waals surface area contributed by atoms with E-state index in [2.05, 4.69) is 21.2 Å². The number of methoxy groups -OCH3 is 1. The van der Waals surface area contributed by atoms with Gasteiger partial charge in [-0.15, -0.1) is 0 Å². The van der Waals surface area contributed by atoms with Crippen LogP contribution in [0.25, 0.3) is 0 Å². The maximum atomic E-state index is 12.5. The first kappa shape index (κ1) is 17.3. The molecule has 0 aliphatic rings. The van der Waals surface area contributed by atoms with Crippen LogP contribution in [0.15, 0.2) is 46.9 Å². The number of hydrogen-bond donors (Lipinski definition) is 1. The van der Waals surface area contributed by atoms with Gasteiger partial charge in [-0.1, -0.05) is 35.0 Å². The lowest BCUT2D eigenvalue weighted by Gasteiger charge is -2.19. The molecule has 0 saturated carbocycles. The van der Waals surface area contributed by atoms with Gasteiger partial charge in [-0.25, -0.2) is 0 Å². The second kappa shape index (κ2) is 8.02. The van der Waals surface area contributed by atoms with Crippen LogP contribution in [-0.2, 0) is 4.79 Å². The summed E-state index contributed by atoms with van der Waals surface area (Å²) < 4.78 is 12.1. The summed E-state index contributed by atoms with van der Waals surface area (Å²) in [5.74, 6) is 0.988. The van der Waals surface area contributed by atoms with Gasteiger partial charge in [0.2, 0.25) is 0 Å². The molecule has 4 nitrogen and oxygen atoms in total. The fraction of sp³-hybridized carbons (Fsp3) is 0.278. The van der Waals surface area contributed by atoms with Gasteiger partial charge in [0, 0.05) is 10.2 Å². The highest BCUT2D eigenvalue weighted by molar-refractivity contribution is 9.10. The number of rotatable bonds is 6. The Bertz CT molecular complexity index is 688. The standard InChI is InChI=1S/C18H20BrNO3/c1-4-15(23-17-8-6-5-7-16(17)22-3)18(21)20-13-9-10-14(19)12(2)11-13/h5-11,15H,4H2,1-3H3,(H,20,21)/t15-/m1/s1. The Hall–Kier alpha value is -2.01. The zero-order valence-corrected chi connectivity index (χ0v) is 15.0. The SMILES string of the molecule is CC[C@@H](Oc1ccccc1OC)C(=O)Nc1ccc(Br)c(C)c1. The molecule has 0 aliphatic carbocycles. The Morgan fingerprint density at radius 2 is 1.91 bits per heavy atom. The highest BCUT2D eigenvalue weighted by Gasteiger charge is 2.20. The minimum atomic E-state index is -0.588. The van der Waals surface area contributed by atoms with Crippen molar-refractivity contribution in [3.8, 4) is 11.5 Å². The minimum absolute atomic E-state index is 0.180. The number of carbonyl (C=O) groups excluding carboxylic acids is 1. The summed E-state index contributed by atoms with van der Waals surface area (Å²) in [6.45, 7) is 3.88. The fourth-order valence-corrected chi connectivity index (χ4v) is 2.38. The number of carbonyl (C=O) groups is 1. The average molecular weight is 378 g/mol. The molecule has 0 heterocycles. The first-order chi connectivity index (χ1) is 11.0. The van der Waals surface area contributed by atoms with Crippen molar-refractivity contribution in [1.29, 1.82) is 0 Å². The number of benzene rings is 2. The number of amides is 1. The quantitative estimate of drug-likeness (QED) is 0.802. The Balaban J connectivity index is 2.10. The minimum Gasteiger partial charge on any atom is -0.493 e. The maximum absolute atomic E-state index is 12.5. The van der Waals surface area contributed by atoms with E-state index in [1.807, 2.05) is 44.2 Å². The van der Waals surface area contributed by atoms with Crippen LogP contribution in [0.5, 0.6) is 11.5 Å². The molecule has 0 unspecified atom stereocenters. The van der Waals surface area contributed by atoms with Crippen LogP contribution in [0.2, 0.25) is 0 Å². The van der Waals surface area contributed by atoms with Gasteiger partial charge in [-0.05, 0) is 49.2 Å². The predicted molar refractivity (Wildman–Crippen MR) is 95.2 cm³/mol. The molecule has 2 aromatic rings. The number of nitrogens with one attached hydrogen (secondary N) is 1. The molecule has 23 heavy (non-hydrogen) atoms. The van der Waals surface area contributed by atoms with Crippen molar-refractivity contribution >= 4 is 27.5 Å². The molecule has 0 spiro atoms. The molecule has 1 amide bonds. The fourth-order valence-electron chi connectivity index (χ4n) is 2.14. The summed E-state index contributed by atoms with van der Waals surface area (Å²) in [6, 6.07) is 13.0. The molecule has 0 bridgehead atoms. The highest BCUT2D eigenvalue weighted by atomic mass is 79.9. The van der Waals surface area contributed by atoms with Gasteiger partial charge in [-0.3, -0.25) is 4.79 Å². The second-order valence-corrected chi connectivity index (χ2v) is 5.97. The molecule has 5 heteroatoms. The topological polar surface area (TPSA) is 47.6 Å². The summed E-state index contributed by atoms with van der Waals surface area (Å²) in [6.07, 6.45) is -0.0328. The van der Waals surface area contributed by atoms with Crippen LogP contribution < -0.4 is 14.8 Å². The van der Waals surface area contributed by atoms with Crippen LogP contribution in [0.3, 0.4) is 0 Å². The van der Waals surface area contributed by atoms with E-state index in [0.717, 1.165) is 15.7 Å². The molecular weight excluding hydrogens is 358 g/mol.